The van der Waals surface area contributed by atoms with Crippen LogP contribution in [0, 0.1) is 0 Å². The quantitative estimate of drug-likeness (QED) is 0.398. The highest BCUT2D eigenvalue weighted by Crippen LogP contribution is 2.43. The molecule has 0 radical (unpaired) electrons. The van der Waals surface area contributed by atoms with Gasteiger partial charge in [0, 0.05) is 24.2 Å². The molecule has 2 aromatic heterocycles. The molecule has 0 aliphatic carbocycles. The van der Waals surface area contributed by atoms with Crippen molar-refractivity contribution >= 4 is 39.6 Å². The fourth-order valence-electron chi connectivity index (χ4n) is 3.79. The third-order valence-electron chi connectivity index (χ3n) is 5.16. The summed E-state index contributed by atoms with van der Waals surface area (Å²) in [7, 11) is 0. The zero-order valence-electron chi connectivity index (χ0n) is 16.3. The van der Waals surface area contributed by atoms with Crippen molar-refractivity contribution in [3.63, 3.8) is 0 Å². The standard InChI is InChI=1S/C21H21N5O4/c1-2-14(20(22)27)29-11-8-13-17-16(9-11)28-6-5-24-19(17)18(25-13)10-3-4-15-12(7-10)26-21(23)30-15/h3-4,7-9,14,24-25H,2,5-6H2,1H3,(H2,22,27)(H2,23,26)/t14-/m0/s1. The van der Waals surface area contributed by atoms with E-state index >= 15 is 0 Å². The number of nitrogens with two attached hydrogens (primary N) is 2. The summed E-state index contributed by atoms with van der Waals surface area (Å²) in [5, 5.41) is 4.36. The van der Waals surface area contributed by atoms with Crippen LogP contribution < -0.4 is 26.3 Å². The van der Waals surface area contributed by atoms with Crippen molar-refractivity contribution in [2.75, 3.05) is 24.2 Å². The largest absolute Gasteiger partial charge is 0.491 e. The summed E-state index contributed by atoms with van der Waals surface area (Å²) < 4.78 is 17.1. The van der Waals surface area contributed by atoms with Gasteiger partial charge in [0.05, 0.1) is 22.3 Å². The third kappa shape index (κ3) is 2.95. The number of ether oxygens (including phenoxy) is 2. The molecule has 1 amide bonds. The van der Waals surface area contributed by atoms with E-state index in [1.165, 1.54) is 0 Å². The molecule has 1 aliphatic heterocycles. The van der Waals surface area contributed by atoms with Gasteiger partial charge in [-0.15, -0.1) is 0 Å². The number of fused-ring (bicyclic) bond motifs is 1. The van der Waals surface area contributed by atoms with Crippen LogP contribution in [0.4, 0.5) is 11.7 Å². The zero-order chi connectivity index (χ0) is 20.8. The molecular formula is C21H21N5O4. The molecule has 9 nitrogen and oxygen atoms in total. The number of hydrogen-bond donors (Lipinski definition) is 4. The van der Waals surface area contributed by atoms with Crippen molar-refractivity contribution in [2.45, 2.75) is 19.4 Å². The lowest BCUT2D eigenvalue weighted by Crippen LogP contribution is -2.32. The maximum Gasteiger partial charge on any atom is 0.292 e. The number of aromatic nitrogens is 2. The zero-order valence-corrected chi connectivity index (χ0v) is 16.3. The Balaban J connectivity index is 1.65. The summed E-state index contributed by atoms with van der Waals surface area (Å²) in [4.78, 5) is 19.3. The number of primary amides is 1. The van der Waals surface area contributed by atoms with E-state index in [-0.39, 0.29) is 6.01 Å². The Hall–Kier alpha value is -3.88. The van der Waals surface area contributed by atoms with Crippen molar-refractivity contribution in [2.24, 2.45) is 5.73 Å². The third-order valence-corrected chi connectivity index (χ3v) is 5.16. The number of amides is 1. The molecule has 5 rings (SSSR count). The van der Waals surface area contributed by atoms with Gasteiger partial charge in [0.15, 0.2) is 11.7 Å². The first kappa shape index (κ1) is 18.2. The van der Waals surface area contributed by atoms with Crippen LogP contribution >= 0.6 is 0 Å². The number of nitrogen functional groups attached to an aromatic ring is 1. The SMILES string of the molecule is CC[C@H](Oc1cc2c3c(c(-c4ccc5oc(N)nc5c4)[nH]c3c1)NCCO2)C(N)=O. The highest BCUT2D eigenvalue weighted by molar-refractivity contribution is 6.06. The van der Waals surface area contributed by atoms with E-state index < -0.39 is 12.0 Å². The van der Waals surface area contributed by atoms with Gasteiger partial charge in [-0.1, -0.05) is 6.92 Å². The molecule has 4 aromatic rings. The minimum atomic E-state index is -0.701. The van der Waals surface area contributed by atoms with E-state index in [0.717, 1.165) is 27.8 Å². The molecule has 3 heterocycles. The number of hydrogen-bond acceptors (Lipinski definition) is 7. The second kappa shape index (κ2) is 6.87. The average Bonchev–Trinajstić information content (AvgIpc) is 3.19. The molecule has 0 unspecified atom stereocenters. The Labute approximate surface area is 171 Å². The van der Waals surface area contributed by atoms with Crippen molar-refractivity contribution < 1.29 is 18.7 Å². The summed E-state index contributed by atoms with van der Waals surface area (Å²) in [5.41, 5.74) is 16.0. The minimum absolute atomic E-state index is 0.132. The molecule has 6 N–H and O–H groups in total. The van der Waals surface area contributed by atoms with Gasteiger partial charge in [0.1, 0.15) is 23.6 Å². The second-order valence-electron chi connectivity index (χ2n) is 7.15. The van der Waals surface area contributed by atoms with E-state index in [1.54, 1.807) is 6.07 Å². The Morgan fingerprint density at radius 1 is 1.33 bits per heavy atom. The number of benzene rings is 2. The molecular weight excluding hydrogens is 386 g/mol. The van der Waals surface area contributed by atoms with Crippen LogP contribution in [0.5, 0.6) is 11.5 Å². The van der Waals surface area contributed by atoms with Crippen LogP contribution in [-0.4, -0.2) is 35.1 Å². The molecule has 30 heavy (non-hydrogen) atoms. The number of H-pyrrole nitrogens is 1. The van der Waals surface area contributed by atoms with E-state index in [4.69, 9.17) is 25.4 Å². The van der Waals surface area contributed by atoms with E-state index in [0.29, 0.717) is 42.2 Å². The van der Waals surface area contributed by atoms with Crippen LogP contribution in [0.2, 0.25) is 0 Å². The van der Waals surface area contributed by atoms with E-state index in [9.17, 15) is 4.79 Å². The van der Waals surface area contributed by atoms with Gasteiger partial charge in [0.25, 0.3) is 11.9 Å². The number of nitrogens with one attached hydrogen (secondary N) is 2. The molecule has 0 spiro atoms. The van der Waals surface area contributed by atoms with Gasteiger partial charge < -0.3 is 35.7 Å². The average molecular weight is 407 g/mol. The monoisotopic (exact) mass is 407 g/mol. The number of aromatic amines is 1. The number of oxazole rings is 1. The fraction of sp³-hybridized carbons (Fsp3) is 0.238. The van der Waals surface area contributed by atoms with Gasteiger partial charge in [0.2, 0.25) is 0 Å². The van der Waals surface area contributed by atoms with Crippen LogP contribution in [0.3, 0.4) is 0 Å². The first-order valence-corrected chi connectivity index (χ1v) is 9.72. The van der Waals surface area contributed by atoms with Gasteiger partial charge >= 0.3 is 0 Å². The molecule has 0 saturated heterocycles. The number of nitrogens with zero attached hydrogens (tertiary/aromatic N) is 1. The maximum atomic E-state index is 11.6. The lowest BCUT2D eigenvalue weighted by Gasteiger charge is -2.15. The number of rotatable bonds is 5. The summed E-state index contributed by atoms with van der Waals surface area (Å²) in [6.07, 6.45) is -0.222. The Morgan fingerprint density at radius 3 is 3.00 bits per heavy atom. The number of carbonyl (C=O) groups is 1. The van der Waals surface area contributed by atoms with Crippen molar-refractivity contribution in [3.8, 4) is 22.8 Å². The minimum Gasteiger partial charge on any atom is -0.491 e. The number of anilines is 2. The Kier molecular flexibility index (Phi) is 4.16. The van der Waals surface area contributed by atoms with E-state index in [2.05, 4.69) is 15.3 Å². The maximum absolute atomic E-state index is 11.6. The highest BCUT2D eigenvalue weighted by Gasteiger charge is 2.23. The second-order valence-corrected chi connectivity index (χ2v) is 7.15. The Bertz CT molecular complexity index is 1280. The summed E-state index contributed by atoms with van der Waals surface area (Å²) >= 11 is 0. The molecule has 9 heteroatoms. The molecule has 0 saturated carbocycles. The normalized spacial score (nSPS) is 14.2. The van der Waals surface area contributed by atoms with Gasteiger partial charge in [-0.25, -0.2) is 0 Å². The molecule has 2 aromatic carbocycles. The molecule has 0 fully saturated rings. The molecule has 154 valence electrons. The molecule has 1 aliphatic rings. The van der Waals surface area contributed by atoms with Crippen LogP contribution in [0.1, 0.15) is 13.3 Å². The van der Waals surface area contributed by atoms with Crippen molar-refractivity contribution in [1.82, 2.24) is 9.97 Å². The van der Waals surface area contributed by atoms with Crippen LogP contribution in [0.25, 0.3) is 33.3 Å². The van der Waals surface area contributed by atoms with Gasteiger partial charge in [-0.3, -0.25) is 4.79 Å². The lowest BCUT2D eigenvalue weighted by molar-refractivity contribution is -0.124. The van der Waals surface area contributed by atoms with Crippen molar-refractivity contribution in [1.29, 1.82) is 0 Å². The summed E-state index contributed by atoms with van der Waals surface area (Å²) in [5.74, 6) is 0.694. The first-order chi connectivity index (χ1) is 14.5. The highest BCUT2D eigenvalue weighted by atomic mass is 16.5. The molecule has 1 atom stereocenters. The Morgan fingerprint density at radius 2 is 2.20 bits per heavy atom. The number of carbonyl (C=O) groups excluding carboxylic acids is 1. The predicted molar refractivity (Wildman–Crippen MR) is 114 cm³/mol. The van der Waals surface area contributed by atoms with Crippen LogP contribution in [0.15, 0.2) is 34.7 Å². The topological polar surface area (TPSA) is 141 Å². The van der Waals surface area contributed by atoms with Crippen LogP contribution in [-0.2, 0) is 4.79 Å². The predicted octanol–water partition coefficient (Wildman–Crippen LogP) is 3.01. The van der Waals surface area contributed by atoms with Gasteiger partial charge in [-0.2, -0.15) is 4.98 Å². The molecule has 0 bridgehead atoms. The smallest absolute Gasteiger partial charge is 0.292 e. The summed E-state index contributed by atoms with van der Waals surface area (Å²) in [6, 6.07) is 9.48. The van der Waals surface area contributed by atoms with Crippen molar-refractivity contribution in [3.05, 3.63) is 30.3 Å². The lowest BCUT2D eigenvalue weighted by atomic mass is 10.1. The first-order valence-electron chi connectivity index (χ1n) is 9.72. The van der Waals surface area contributed by atoms with Gasteiger partial charge in [-0.05, 0) is 24.6 Å². The van der Waals surface area contributed by atoms with E-state index in [1.807, 2.05) is 31.2 Å². The summed E-state index contributed by atoms with van der Waals surface area (Å²) in [6.45, 7) is 2.99. The fourth-order valence-corrected chi connectivity index (χ4v) is 3.79.